The van der Waals surface area contributed by atoms with E-state index in [-0.39, 0.29) is 28.6 Å². The van der Waals surface area contributed by atoms with Gasteiger partial charge in [0.15, 0.2) is 11.6 Å². The van der Waals surface area contributed by atoms with Crippen molar-refractivity contribution in [3.8, 4) is 11.8 Å². The van der Waals surface area contributed by atoms with Gasteiger partial charge in [-0.2, -0.15) is 0 Å². The van der Waals surface area contributed by atoms with Gasteiger partial charge in [-0.15, -0.1) is 0 Å². The molecule has 138 valence electrons. The molecular weight excluding hydrogens is 400 g/mol. The third-order valence-electron chi connectivity index (χ3n) is 4.51. The molecule has 0 atom stereocenters. The van der Waals surface area contributed by atoms with E-state index in [4.69, 9.17) is 0 Å². The second-order valence-electron chi connectivity index (χ2n) is 6.32. The first kappa shape index (κ1) is 21.6. The molecule has 0 amide bonds. The van der Waals surface area contributed by atoms with Crippen LogP contribution in [0.2, 0.25) is 0 Å². The molecule has 2 aromatic carbocycles. The van der Waals surface area contributed by atoms with E-state index in [2.05, 4.69) is 11.8 Å². The van der Waals surface area contributed by atoms with Crippen molar-refractivity contribution in [1.82, 2.24) is 0 Å². The van der Waals surface area contributed by atoms with Gasteiger partial charge in [-0.25, -0.2) is 0 Å². The van der Waals surface area contributed by atoms with Crippen LogP contribution in [-0.4, -0.2) is 11.6 Å². The van der Waals surface area contributed by atoms with Crippen LogP contribution in [0.25, 0.3) is 0 Å². The van der Waals surface area contributed by atoms with Crippen molar-refractivity contribution in [3.05, 3.63) is 134 Å². The summed E-state index contributed by atoms with van der Waals surface area (Å²) in [6.45, 7) is 0. The molecule has 2 nitrogen and oxygen atoms in total. The molecule has 0 unspecified atom stereocenters. The molecule has 0 saturated heterocycles. The van der Waals surface area contributed by atoms with Gasteiger partial charge in [-0.1, -0.05) is 48.2 Å². The molecule has 29 heavy (non-hydrogen) atoms. The fraction of sp³-hybridized carbons (Fsp3) is 0. The van der Waals surface area contributed by atoms with Crippen molar-refractivity contribution in [2.45, 2.75) is 0 Å². The molecule has 2 aromatic rings. The quantitative estimate of drug-likeness (QED) is 0.406. The topological polar surface area (TPSA) is 34.1 Å². The van der Waals surface area contributed by atoms with Crippen molar-refractivity contribution >= 4 is 11.6 Å². The maximum Gasteiger partial charge on any atom is 2.00 e. The number of carbonyl (C=O) groups is 2. The van der Waals surface area contributed by atoms with Crippen LogP contribution in [0.15, 0.2) is 42.5 Å². The molecule has 5 rings (SSSR count). The van der Waals surface area contributed by atoms with Crippen LogP contribution >= 0.6 is 0 Å². The molecule has 2 saturated carbocycles. The molecule has 3 aliphatic carbocycles. The summed E-state index contributed by atoms with van der Waals surface area (Å²) in [5.41, 5.74) is 2.36. The normalized spacial score (nSPS) is 17.2. The maximum absolute atomic E-state index is 12.8. The summed E-state index contributed by atoms with van der Waals surface area (Å²) >= 11 is 0. The summed E-state index contributed by atoms with van der Waals surface area (Å²) in [5.74, 6) is 6.70. The van der Waals surface area contributed by atoms with Crippen molar-refractivity contribution in [2.75, 3.05) is 0 Å². The molecule has 0 aliphatic heterocycles. The van der Waals surface area contributed by atoms with Crippen LogP contribution in [0.4, 0.5) is 0 Å². The van der Waals surface area contributed by atoms with E-state index in [1.807, 2.05) is 57.8 Å². The van der Waals surface area contributed by atoms with Crippen LogP contribution in [0.1, 0.15) is 37.4 Å². The summed E-state index contributed by atoms with van der Waals surface area (Å²) < 4.78 is 0. The van der Waals surface area contributed by atoms with E-state index in [1.165, 1.54) is 0 Å². The molecule has 0 bridgehead atoms. The molecule has 3 heteroatoms. The summed E-state index contributed by atoms with van der Waals surface area (Å²) in [6, 6.07) is 12.2. The van der Waals surface area contributed by atoms with Gasteiger partial charge in [0.1, 0.15) is 0 Å². The predicted molar refractivity (Wildman–Crippen MR) is 109 cm³/mol. The zero-order chi connectivity index (χ0) is 19.3. The first-order valence-corrected chi connectivity index (χ1v) is 8.97. The standard InChI is InChI=1S/C21H11O2.C5H5.Fe/c22-20-16-9-3-4-10-17(16)21(23)19-15(8-5-11-18(19)20)13-12-14-6-1-2-7-14;1-2-4-5-3-1;/h1-11H;1-5H;/q;;+2. The molecule has 0 spiro atoms. The first-order chi connectivity index (χ1) is 13.8. The van der Waals surface area contributed by atoms with Crippen molar-refractivity contribution in [1.29, 1.82) is 0 Å². The Bertz CT molecular complexity index is 947. The monoisotopic (exact) mass is 416 g/mol. The number of hydrogen-bond acceptors (Lipinski definition) is 2. The Balaban J connectivity index is 0.000000352. The van der Waals surface area contributed by atoms with Gasteiger partial charge >= 0.3 is 17.1 Å². The Morgan fingerprint density at radius 1 is 0.552 bits per heavy atom. The minimum Gasteiger partial charge on any atom is -0.289 e. The molecule has 0 N–H and O–H groups in total. The summed E-state index contributed by atoms with van der Waals surface area (Å²) in [7, 11) is 0. The molecule has 0 heterocycles. The van der Waals surface area contributed by atoms with Crippen molar-refractivity contribution in [2.24, 2.45) is 0 Å². The predicted octanol–water partition coefficient (Wildman–Crippen LogP) is 4.24. The Labute approximate surface area is 184 Å². The number of carbonyl (C=O) groups excluding carboxylic acids is 2. The molecule has 3 aliphatic rings. The van der Waals surface area contributed by atoms with Gasteiger partial charge in [-0.05, 0) is 63.9 Å². The van der Waals surface area contributed by atoms with Crippen molar-refractivity contribution in [3.63, 3.8) is 0 Å². The summed E-state index contributed by atoms with van der Waals surface area (Å²) in [4.78, 5) is 25.5. The SMILES string of the molecule is O=C1c2ccccc2C(=O)c2c(C#C[C]3[CH][CH][CH][CH]3)cccc21.[CH]1[CH][CH][CH][CH]1.[Fe+2]. The minimum absolute atomic E-state index is 0. The maximum atomic E-state index is 12.8. The van der Waals surface area contributed by atoms with Crippen LogP contribution < -0.4 is 0 Å². The fourth-order valence-corrected chi connectivity index (χ4v) is 3.17. The number of fused-ring (bicyclic) bond motifs is 2. The number of rotatable bonds is 0. The third-order valence-corrected chi connectivity index (χ3v) is 4.51. The van der Waals surface area contributed by atoms with Gasteiger partial charge in [0.2, 0.25) is 0 Å². The van der Waals surface area contributed by atoms with Gasteiger partial charge in [0, 0.05) is 27.8 Å². The average Bonchev–Trinajstić information content (AvgIpc) is 3.47. The molecule has 0 aromatic heterocycles. The number of hydrogen-bond donors (Lipinski definition) is 0. The van der Waals surface area contributed by atoms with E-state index < -0.39 is 0 Å². The third kappa shape index (κ3) is 4.72. The van der Waals surface area contributed by atoms with E-state index in [9.17, 15) is 9.59 Å². The minimum atomic E-state index is -0.136. The Morgan fingerprint density at radius 2 is 1.10 bits per heavy atom. The summed E-state index contributed by atoms with van der Waals surface area (Å²) in [6.07, 6.45) is 17.6. The zero-order valence-corrected chi connectivity index (χ0v) is 16.5. The second kappa shape index (κ2) is 10.1. The number of ketones is 2. The van der Waals surface area contributed by atoms with E-state index in [0.717, 1.165) is 5.92 Å². The van der Waals surface area contributed by atoms with Crippen molar-refractivity contribution < 1.29 is 26.7 Å². The number of benzene rings is 2. The Kier molecular flexibility index (Phi) is 7.48. The molecule has 10 radical (unpaired) electrons. The average molecular weight is 416 g/mol. The smallest absolute Gasteiger partial charge is 0.289 e. The Hall–Kier alpha value is -2.14. The van der Waals surface area contributed by atoms with Crippen LogP contribution in [0.5, 0.6) is 0 Å². The second-order valence-corrected chi connectivity index (χ2v) is 6.32. The van der Waals surface area contributed by atoms with E-state index in [1.54, 1.807) is 42.5 Å². The van der Waals surface area contributed by atoms with E-state index >= 15 is 0 Å². The first-order valence-electron chi connectivity index (χ1n) is 8.97. The Morgan fingerprint density at radius 3 is 1.72 bits per heavy atom. The van der Waals surface area contributed by atoms with E-state index in [0.29, 0.717) is 27.8 Å². The van der Waals surface area contributed by atoms with Crippen LogP contribution in [-0.2, 0) is 17.1 Å². The van der Waals surface area contributed by atoms with Crippen LogP contribution in [0.3, 0.4) is 0 Å². The van der Waals surface area contributed by atoms with Crippen LogP contribution in [0, 0.1) is 75.5 Å². The largest absolute Gasteiger partial charge is 2.00 e. The molecule has 2 fully saturated rings. The van der Waals surface area contributed by atoms with Gasteiger partial charge in [0.25, 0.3) is 0 Å². The van der Waals surface area contributed by atoms with Gasteiger partial charge < -0.3 is 0 Å². The zero-order valence-electron chi connectivity index (χ0n) is 15.4. The van der Waals surface area contributed by atoms with Gasteiger partial charge in [0.05, 0.1) is 5.92 Å². The fourth-order valence-electron chi connectivity index (χ4n) is 3.17. The summed E-state index contributed by atoms with van der Waals surface area (Å²) in [5, 5.41) is 0. The molecular formula is C26H16FeO2+2. The van der Waals surface area contributed by atoms with Gasteiger partial charge in [-0.3, -0.25) is 9.59 Å².